The van der Waals surface area contributed by atoms with Gasteiger partial charge in [0.1, 0.15) is 5.75 Å². The van der Waals surface area contributed by atoms with Crippen molar-refractivity contribution in [2.24, 2.45) is 0 Å². The Bertz CT molecular complexity index is 842. The fraction of sp³-hybridized carbons (Fsp3) is 0.273. The van der Waals surface area contributed by atoms with Gasteiger partial charge < -0.3 is 15.0 Å². The molecular weight excluding hydrogens is 340 g/mol. The third-order valence-corrected chi connectivity index (χ3v) is 3.60. The quantitative estimate of drug-likeness (QED) is 0.830. The zero-order valence-electron chi connectivity index (χ0n) is 16.1. The molecule has 0 aliphatic rings. The summed E-state index contributed by atoms with van der Waals surface area (Å²) in [5, 5.41) is 2.76. The fourth-order valence-corrected chi connectivity index (χ4v) is 2.28. The number of hydrogen-bond acceptors (Lipinski definition) is 3. The number of rotatable bonds is 5. The maximum absolute atomic E-state index is 12.1. The number of hydrogen-bond donors (Lipinski definition) is 1. The van der Waals surface area contributed by atoms with Crippen LogP contribution in [0.4, 0.5) is 0 Å². The highest BCUT2D eigenvalue weighted by Gasteiger charge is 2.07. The lowest BCUT2D eigenvalue weighted by Gasteiger charge is -2.09. The Morgan fingerprint density at radius 1 is 1.00 bits per heavy atom. The van der Waals surface area contributed by atoms with Crippen molar-refractivity contribution in [3.63, 3.8) is 0 Å². The molecule has 2 aromatic carbocycles. The summed E-state index contributed by atoms with van der Waals surface area (Å²) in [6.45, 7) is 4.14. The Hall–Kier alpha value is -3.26. The normalized spacial score (nSPS) is 9.96. The van der Waals surface area contributed by atoms with E-state index in [1.807, 2.05) is 13.8 Å². The zero-order valence-corrected chi connectivity index (χ0v) is 16.1. The molecule has 140 valence electrons. The topological polar surface area (TPSA) is 58.6 Å². The molecule has 0 spiro atoms. The van der Waals surface area contributed by atoms with Gasteiger partial charge in [-0.2, -0.15) is 0 Å². The SMILES string of the molecule is CC(C)Oc1ccc(C(=O)NCC#Cc2ccc(C(=O)N(C)C)cc2)cc1. The second-order valence-electron chi connectivity index (χ2n) is 6.45. The van der Waals surface area contributed by atoms with E-state index < -0.39 is 0 Å². The molecule has 2 amide bonds. The average molecular weight is 364 g/mol. The molecule has 2 aromatic rings. The number of amides is 2. The first-order valence-electron chi connectivity index (χ1n) is 8.72. The van der Waals surface area contributed by atoms with E-state index in [-0.39, 0.29) is 24.5 Å². The van der Waals surface area contributed by atoms with Crippen LogP contribution in [-0.4, -0.2) is 43.5 Å². The van der Waals surface area contributed by atoms with E-state index in [9.17, 15) is 9.59 Å². The molecular formula is C22H24N2O3. The van der Waals surface area contributed by atoms with Gasteiger partial charge in [0.05, 0.1) is 12.6 Å². The van der Waals surface area contributed by atoms with Gasteiger partial charge in [0.15, 0.2) is 0 Å². The van der Waals surface area contributed by atoms with E-state index in [0.717, 1.165) is 11.3 Å². The monoisotopic (exact) mass is 364 g/mol. The third kappa shape index (κ3) is 6.19. The summed E-state index contributed by atoms with van der Waals surface area (Å²) in [7, 11) is 3.42. The fourth-order valence-electron chi connectivity index (χ4n) is 2.28. The van der Waals surface area contributed by atoms with Crippen LogP contribution in [0.5, 0.6) is 5.75 Å². The highest BCUT2D eigenvalue weighted by atomic mass is 16.5. The number of benzene rings is 2. The van der Waals surface area contributed by atoms with Gasteiger partial charge in [-0.1, -0.05) is 11.8 Å². The Morgan fingerprint density at radius 2 is 1.59 bits per heavy atom. The van der Waals surface area contributed by atoms with Crippen molar-refractivity contribution in [1.82, 2.24) is 10.2 Å². The van der Waals surface area contributed by atoms with Crippen LogP contribution in [0.25, 0.3) is 0 Å². The molecule has 0 atom stereocenters. The molecule has 5 heteroatoms. The first-order valence-corrected chi connectivity index (χ1v) is 8.72. The van der Waals surface area contributed by atoms with E-state index in [0.29, 0.717) is 11.1 Å². The van der Waals surface area contributed by atoms with Crippen molar-refractivity contribution in [3.05, 3.63) is 65.2 Å². The third-order valence-electron chi connectivity index (χ3n) is 3.60. The molecule has 0 saturated carbocycles. The van der Waals surface area contributed by atoms with E-state index in [1.54, 1.807) is 62.6 Å². The highest BCUT2D eigenvalue weighted by Crippen LogP contribution is 2.13. The van der Waals surface area contributed by atoms with Crippen LogP contribution in [-0.2, 0) is 0 Å². The summed E-state index contributed by atoms with van der Waals surface area (Å²) in [4.78, 5) is 25.5. The van der Waals surface area contributed by atoms with Crippen LogP contribution in [0, 0.1) is 11.8 Å². The lowest BCUT2D eigenvalue weighted by molar-refractivity contribution is 0.0827. The van der Waals surface area contributed by atoms with Crippen molar-refractivity contribution in [2.75, 3.05) is 20.6 Å². The molecule has 0 aliphatic heterocycles. The van der Waals surface area contributed by atoms with Crippen LogP contribution >= 0.6 is 0 Å². The van der Waals surface area contributed by atoms with Gasteiger partial charge in [-0.05, 0) is 62.4 Å². The molecule has 0 fully saturated rings. The van der Waals surface area contributed by atoms with Crippen LogP contribution in [0.15, 0.2) is 48.5 Å². The van der Waals surface area contributed by atoms with Crippen molar-refractivity contribution in [1.29, 1.82) is 0 Å². The van der Waals surface area contributed by atoms with Crippen molar-refractivity contribution in [3.8, 4) is 17.6 Å². The summed E-state index contributed by atoms with van der Waals surface area (Å²) in [5.41, 5.74) is 1.96. The first-order chi connectivity index (χ1) is 12.9. The minimum Gasteiger partial charge on any atom is -0.491 e. The van der Waals surface area contributed by atoms with Crippen LogP contribution < -0.4 is 10.1 Å². The van der Waals surface area contributed by atoms with Crippen LogP contribution in [0.3, 0.4) is 0 Å². The number of carbonyl (C=O) groups is 2. The van der Waals surface area contributed by atoms with Crippen molar-refractivity contribution in [2.45, 2.75) is 20.0 Å². The summed E-state index contributed by atoms with van der Waals surface area (Å²) in [5.74, 6) is 6.37. The minimum atomic E-state index is -0.188. The van der Waals surface area contributed by atoms with E-state index >= 15 is 0 Å². The highest BCUT2D eigenvalue weighted by molar-refractivity contribution is 5.94. The molecule has 0 bridgehead atoms. The van der Waals surface area contributed by atoms with E-state index in [1.165, 1.54) is 4.90 Å². The van der Waals surface area contributed by atoms with Crippen molar-refractivity contribution >= 4 is 11.8 Å². The molecule has 2 rings (SSSR count). The summed E-state index contributed by atoms with van der Waals surface area (Å²) in [6, 6.07) is 14.1. The average Bonchev–Trinajstić information content (AvgIpc) is 2.65. The van der Waals surface area contributed by atoms with Gasteiger partial charge in [0.25, 0.3) is 11.8 Å². The number of carbonyl (C=O) groups excluding carboxylic acids is 2. The standard InChI is InChI=1S/C22H24N2O3/c1-16(2)27-20-13-11-18(12-14-20)21(25)23-15-5-6-17-7-9-19(10-8-17)22(26)24(3)4/h7-14,16H,15H2,1-4H3,(H,23,25). The smallest absolute Gasteiger partial charge is 0.253 e. The van der Waals surface area contributed by atoms with Gasteiger partial charge in [-0.15, -0.1) is 0 Å². The minimum absolute atomic E-state index is 0.0495. The van der Waals surface area contributed by atoms with Gasteiger partial charge in [-0.25, -0.2) is 0 Å². The summed E-state index contributed by atoms with van der Waals surface area (Å²) >= 11 is 0. The second kappa shape index (κ2) is 9.44. The predicted molar refractivity (Wildman–Crippen MR) is 106 cm³/mol. The molecule has 27 heavy (non-hydrogen) atoms. The predicted octanol–water partition coefficient (Wildman–Crippen LogP) is 2.96. The van der Waals surface area contributed by atoms with Crippen molar-refractivity contribution < 1.29 is 14.3 Å². The van der Waals surface area contributed by atoms with Gasteiger partial charge in [0.2, 0.25) is 0 Å². The number of ether oxygens (including phenoxy) is 1. The van der Waals surface area contributed by atoms with Crippen LogP contribution in [0.2, 0.25) is 0 Å². The summed E-state index contributed by atoms with van der Waals surface area (Å²) < 4.78 is 5.55. The Morgan fingerprint density at radius 3 is 2.15 bits per heavy atom. The molecule has 0 heterocycles. The lowest BCUT2D eigenvalue weighted by Crippen LogP contribution is -2.23. The first kappa shape index (κ1) is 20.1. The number of nitrogens with zero attached hydrogens (tertiary/aromatic N) is 1. The molecule has 0 aliphatic carbocycles. The molecule has 0 radical (unpaired) electrons. The zero-order chi connectivity index (χ0) is 19.8. The summed E-state index contributed by atoms with van der Waals surface area (Å²) in [6.07, 6.45) is 0.0926. The lowest BCUT2D eigenvalue weighted by atomic mass is 10.1. The number of nitrogens with one attached hydrogen (secondary N) is 1. The second-order valence-corrected chi connectivity index (χ2v) is 6.45. The maximum atomic E-state index is 12.1. The molecule has 5 nitrogen and oxygen atoms in total. The molecule has 0 aromatic heterocycles. The van der Waals surface area contributed by atoms with Gasteiger partial charge in [0, 0.05) is 30.8 Å². The molecule has 1 N–H and O–H groups in total. The van der Waals surface area contributed by atoms with Gasteiger partial charge >= 0.3 is 0 Å². The Labute approximate surface area is 160 Å². The Balaban J connectivity index is 1.87. The van der Waals surface area contributed by atoms with E-state index in [4.69, 9.17) is 4.74 Å². The maximum Gasteiger partial charge on any atom is 0.253 e. The molecule has 0 saturated heterocycles. The Kier molecular flexibility index (Phi) is 7.01. The van der Waals surface area contributed by atoms with Crippen LogP contribution in [0.1, 0.15) is 40.1 Å². The van der Waals surface area contributed by atoms with Gasteiger partial charge in [-0.3, -0.25) is 9.59 Å². The van der Waals surface area contributed by atoms with E-state index in [2.05, 4.69) is 17.2 Å². The molecule has 0 unspecified atom stereocenters. The largest absolute Gasteiger partial charge is 0.491 e.